The van der Waals surface area contributed by atoms with Crippen molar-refractivity contribution in [1.29, 1.82) is 5.26 Å². The van der Waals surface area contributed by atoms with E-state index in [1.54, 1.807) is 12.1 Å². The van der Waals surface area contributed by atoms with Gasteiger partial charge in [-0.05, 0) is 74.9 Å². The highest BCUT2D eigenvalue weighted by Gasteiger charge is 2.23. The van der Waals surface area contributed by atoms with Crippen molar-refractivity contribution < 1.29 is 9.90 Å². The van der Waals surface area contributed by atoms with Crippen molar-refractivity contribution >= 4 is 17.5 Å². The van der Waals surface area contributed by atoms with E-state index in [-0.39, 0.29) is 12.5 Å². The predicted molar refractivity (Wildman–Crippen MR) is 132 cm³/mol. The van der Waals surface area contributed by atoms with Crippen LogP contribution < -0.4 is 0 Å². The molecule has 1 N–H and O–H groups in total. The Hall–Kier alpha value is -3.14. The summed E-state index contributed by atoms with van der Waals surface area (Å²) in [6.07, 6.45) is 3.45. The van der Waals surface area contributed by atoms with E-state index in [1.807, 2.05) is 53.8 Å². The Bertz CT molecular complexity index is 1220. The molecular formula is C27H29ClN4O2. The van der Waals surface area contributed by atoms with Crippen LogP contribution in [0, 0.1) is 31.1 Å². The van der Waals surface area contributed by atoms with Crippen molar-refractivity contribution in [2.24, 2.45) is 5.92 Å². The smallest absolute Gasteiger partial charge is 0.253 e. The summed E-state index contributed by atoms with van der Waals surface area (Å²) in [5.74, 6) is 0.594. The van der Waals surface area contributed by atoms with Crippen LogP contribution in [0.2, 0.25) is 5.02 Å². The number of nitrogens with zero attached hydrogens (tertiary/aromatic N) is 4. The van der Waals surface area contributed by atoms with Crippen molar-refractivity contribution in [3.8, 4) is 11.8 Å². The summed E-state index contributed by atoms with van der Waals surface area (Å²) in [6, 6.07) is 15.2. The number of amides is 1. The first-order valence-corrected chi connectivity index (χ1v) is 12.0. The zero-order valence-corrected chi connectivity index (χ0v) is 20.3. The van der Waals surface area contributed by atoms with Gasteiger partial charge in [-0.15, -0.1) is 0 Å². The number of aryl methyl sites for hydroxylation is 1. The monoisotopic (exact) mass is 476 g/mol. The number of nitriles is 1. The second-order valence-corrected chi connectivity index (χ2v) is 9.37. The van der Waals surface area contributed by atoms with E-state index < -0.39 is 0 Å². The molecule has 2 aromatic carbocycles. The fourth-order valence-electron chi connectivity index (χ4n) is 4.67. The molecule has 0 saturated carbocycles. The number of halogens is 1. The van der Waals surface area contributed by atoms with Gasteiger partial charge in [-0.25, -0.2) is 4.68 Å². The quantitative estimate of drug-likeness (QED) is 0.551. The van der Waals surface area contributed by atoms with Crippen LogP contribution >= 0.6 is 11.6 Å². The lowest BCUT2D eigenvalue weighted by molar-refractivity contribution is 0.0678. The molecule has 1 aromatic heterocycles. The predicted octanol–water partition coefficient (Wildman–Crippen LogP) is 4.84. The summed E-state index contributed by atoms with van der Waals surface area (Å²) in [5.41, 5.74) is 6.16. The first-order chi connectivity index (χ1) is 16.4. The molecular weight excluding hydrogens is 448 g/mol. The normalized spacial score (nSPS) is 14.3. The number of likely N-dealkylation sites (tertiary alicyclic amines) is 1. The van der Waals surface area contributed by atoms with E-state index in [0.29, 0.717) is 28.5 Å². The summed E-state index contributed by atoms with van der Waals surface area (Å²) in [6.45, 7) is 5.74. The van der Waals surface area contributed by atoms with Crippen LogP contribution in [-0.4, -0.2) is 45.4 Å². The molecule has 1 aliphatic rings. The van der Waals surface area contributed by atoms with E-state index in [1.165, 1.54) is 0 Å². The first-order valence-electron chi connectivity index (χ1n) is 11.7. The molecule has 1 fully saturated rings. The van der Waals surface area contributed by atoms with E-state index in [2.05, 4.69) is 6.07 Å². The third kappa shape index (κ3) is 5.01. The van der Waals surface area contributed by atoms with E-state index in [4.69, 9.17) is 27.1 Å². The highest BCUT2D eigenvalue weighted by molar-refractivity contribution is 6.31. The second-order valence-electron chi connectivity index (χ2n) is 8.96. The van der Waals surface area contributed by atoms with Crippen molar-refractivity contribution in [2.75, 3.05) is 19.7 Å². The van der Waals surface area contributed by atoms with E-state index >= 15 is 0 Å². The molecule has 176 valence electrons. The zero-order chi connectivity index (χ0) is 24.2. The molecule has 1 saturated heterocycles. The molecule has 0 unspecified atom stereocenters. The number of benzene rings is 2. The molecule has 1 aliphatic heterocycles. The van der Waals surface area contributed by atoms with Crippen LogP contribution in [0.4, 0.5) is 0 Å². The largest absolute Gasteiger partial charge is 0.396 e. The van der Waals surface area contributed by atoms with Gasteiger partial charge in [-0.3, -0.25) is 4.79 Å². The van der Waals surface area contributed by atoms with Gasteiger partial charge in [0.25, 0.3) is 5.91 Å². The molecule has 2 heterocycles. The van der Waals surface area contributed by atoms with Gasteiger partial charge in [0, 0.05) is 42.9 Å². The van der Waals surface area contributed by atoms with E-state index in [9.17, 15) is 4.79 Å². The lowest BCUT2D eigenvalue weighted by Gasteiger charge is -2.31. The van der Waals surface area contributed by atoms with Crippen molar-refractivity contribution in [1.82, 2.24) is 14.7 Å². The SMILES string of the molecule is Cc1nn(-c2ccc(C#N)c(Cl)c2)c(C)c1Cc1ccc(C(=O)N2CCC(CCO)CC2)cc1. The van der Waals surface area contributed by atoms with Gasteiger partial charge < -0.3 is 10.0 Å². The molecule has 0 spiro atoms. The molecule has 0 bridgehead atoms. The fourth-order valence-corrected chi connectivity index (χ4v) is 4.88. The molecule has 1 amide bonds. The minimum absolute atomic E-state index is 0.0758. The Labute approximate surface area is 205 Å². The average molecular weight is 477 g/mol. The molecule has 34 heavy (non-hydrogen) atoms. The van der Waals surface area contributed by atoms with Crippen molar-refractivity contribution in [3.63, 3.8) is 0 Å². The van der Waals surface area contributed by atoms with Gasteiger partial charge in [0.15, 0.2) is 0 Å². The second kappa shape index (κ2) is 10.4. The van der Waals surface area contributed by atoms with Gasteiger partial charge in [-0.1, -0.05) is 23.7 Å². The lowest BCUT2D eigenvalue weighted by Crippen LogP contribution is -2.38. The number of piperidine rings is 1. The summed E-state index contributed by atoms with van der Waals surface area (Å²) in [4.78, 5) is 14.8. The third-order valence-corrected chi connectivity index (χ3v) is 7.09. The summed E-state index contributed by atoms with van der Waals surface area (Å²) in [5, 5.41) is 23.3. The van der Waals surface area contributed by atoms with Gasteiger partial charge in [0.2, 0.25) is 0 Å². The number of hydrogen-bond acceptors (Lipinski definition) is 4. The van der Waals surface area contributed by atoms with Crippen molar-refractivity contribution in [3.05, 3.63) is 81.1 Å². The number of aliphatic hydroxyl groups excluding tert-OH is 1. The van der Waals surface area contributed by atoms with Crippen LogP contribution in [0.1, 0.15) is 57.7 Å². The number of carbonyl (C=O) groups is 1. The maximum Gasteiger partial charge on any atom is 0.253 e. The maximum atomic E-state index is 12.9. The van der Waals surface area contributed by atoms with Gasteiger partial charge in [0.1, 0.15) is 6.07 Å². The fraction of sp³-hybridized carbons (Fsp3) is 0.370. The summed E-state index contributed by atoms with van der Waals surface area (Å²) >= 11 is 6.22. The van der Waals surface area contributed by atoms with Crippen LogP contribution in [-0.2, 0) is 6.42 Å². The van der Waals surface area contributed by atoms with Crippen LogP contribution in [0.3, 0.4) is 0 Å². The third-order valence-electron chi connectivity index (χ3n) is 6.78. The zero-order valence-electron chi connectivity index (χ0n) is 19.6. The average Bonchev–Trinajstić information content (AvgIpc) is 3.13. The Morgan fingerprint density at radius 2 is 1.88 bits per heavy atom. The Morgan fingerprint density at radius 3 is 2.50 bits per heavy atom. The summed E-state index contributed by atoms with van der Waals surface area (Å²) in [7, 11) is 0. The van der Waals surface area contributed by atoms with Gasteiger partial charge in [0.05, 0.1) is 22.0 Å². The van der Waals surface area contributed by atoms with Crippen molar-refractivity contribution in [2.45, 2.75) is 39.5 Å². The number of hydrogen-bond donors (Lipinski definition) is 1. The van der Waals surface area contributed by atoms with Gasteiger partial charge in [-0.2, -0.15) is 10.4 Å². The highest BCUT2D eigenvalue weighted by atomic mass is 35.5. The molecule has 0 atom stereocenters. The molecule has 7 heteroatoms. The minimum atomic E-state index is 0.0758. The Kier molecular flexibility index (Phi) is 7.35. The van der Waals surface area contributed by atoms with Crippen LogP contribution in [0.25, 0.3) is 5.69 Å². The number of carbonyl (C=O) groups excluding carboxylic acids is 1. The molecule has 6 nitrogen and oxygen atoms in total. The minimum Gasteiger partial charge on any atom is -0.396 e. The number of aromatic nitrogens is 2. The first kappa shape index (κ1) is 24.0. The van der Waals surface area contributed by atoms with Crippen LogP contribution in [0.15, 0.2) is 42.5 Å². The molecule has 0 aliphatic carbocycles. The number of rotatable bonds is 6. The summed E-state index contributed by atoms with van der Waals surface area (Å²) < 4.78 is 1.86. The Morgan fingerprint density at radius 1 is 1.18 bits per heavy atom. The topological polar surface area (TPSA) is 82.2 Å². The Balaban J connectivity index is 1.46. The van der Waals surface area contributed by atoms with E-state index in [0.717, 1.165) is 60.6 Å². The molecule has 0 radical (unpaired) electrons. The van der Waals surface area contributed by atoms with Gasteiger partial charge >= 0.3 is 0 Å². The molecule has 4 rings (SSSR count). The van der Waals surface area contributed by atoms with Crippen LogP contribution in [0.5, 0.6) is 0 Å². The lowest BCUT2D eigenvalue weighted by atomic mass is 9.93. The highest BCUT2D eigenvalue weighted by Crippen LogP contribution is 2.25. The maximum absolute atomic E-state index is 12.9. The standard InChI is InChI=1S/C27H29ClN4O2/c1-18-25(19(2)32(30-18)24-8-7-23(17-29)26(28)16-24)15-21-3-5-22(6-4-21)27(34)31-12-9-20(10-13-31)11-14-33/h3-8,16,20,33H,9-15H2,1-2H3. The number of aliphatic hydroxyl groups is 1. The molecule has 3 aromatic rings.